The molecule has 0 spiro atoms. The van der Waals surface area contributed by atoms with E-state index in [2.05, 4.69) is 10.9 Å². The smallest absolute Gasteiger partial charge is 0.242 e. The van der Waals surface area contributed by atoms with Crippen molar-refractivity contribution >= 4 is 22.6 Å². The molecule has 0 fully saturated rings. The molecule has 0 bridgehead atoms. The van der Waals surface area contributed by atoms with Crippen LogP contribution in [0.1, 0.15) is 18.9 Å². The number of amides is 2. The molecule has 0 saturated carbocycles. The Labute approximate surface area is 129 Å². The first-order valence-corrected chi connectivity index (χ1v) is 7.32. The van der Waals surface area contributed by atoms with Crippen molar-refractivity contribution in [1.29, 1.82) is 0 Å². The van der Waals surface area contributed by atoms with E-state index in [1.54, 1.807) is 0 Å². The van der Waals surface area contributed by atoms with Gasteiger partial charge in [-0.15, -0.1) is 0 Å². The van der Waals surface area contributed by atoms with Crippen molar-refractivity contribution in [2.75, 3.05) is 13.2 Å². The van der Waals surface area contributed by atoms with E-state index in [-0.39, 0.29) is 24.7 Å². The van der Waals surface area contributed by atoms with Crippen LogP contribution in [0.2, 0.25) is 0 Å². The SMILES string of the molecule is CCOCCC(=O)NNC(=O)Cc1cccc2ccccc12. The van der Waals surface area contributed by atoms with E-state index in [0.29, 0.717) is 13.2 Å². The van der Waals surface area contributed by atoms with E-state index in [4.69, 9.17) is 4.74 Å². The van der Waals surface area contributed by atoms with Gasteiger partial charge in [0, 0.05) is 6.61 Å². The lowest BCUT2D eigenvalue weighted by Crippen LogP contribution is -2.42. The van der Waals surface area contributed by atoms with Crippen molar-refractivity contribution < 1.29 is 14.3 Å². The first-order valence-electron chi connectivity index (χ1n) is 7.32. The molecule has 2 N–H and O–H groups in total. The van der Waals surface area contributed by atoms with Crippen LogP contribution in [0.3, 0.4) is 0 Å². The largest absolute Gasteiger partial charge is 0.381 e. The van der Waals surface area contributed by atoms with Crippen LogP contribution in [0.25, 0.3) is 10.8 Å². The first kappa shape index (κ1) is 16.0. The Morgan fingerprint density at radius 1 is 1.00 bits per heavy atom. The minimum atomic E-state index is -0.264. The zero-order valence-corrected chi connectivity index (χ0v) is 12.6. The number of fused-ring (bicyclic) bond motifs is 1. The lowest BCUT2D eigenvalue weighted by atomic mass is 10.0. The van der Waals surface area contributed by atoms with Crippen LogP contribution < -0.4 is 10.9 Å². The summed E-state index contributed by atoms with van der Waals surface area (Å²) >= 11 is 0. The highest BCUT2D eigenvalue weighted by Gasteiger charge is 2.08. The Kier molecular flexibility index (Phi) is 5.91. The lowest BCUT2D eigenvalue weighted by Gasteiger charge is -2.09. The molecule has 0 aliphatic heterocycles. The topological polar surface area (TPSA) is 67.4 Å². The highest BCUT2D eigenvalue weighted by Crippen LogP contribution is 2.18. The van der Waals surface area contributed by atoms with Gasteiger partial charge in [-0.25, -0.2) is 0 Å². The standard InChI is InChI=1S/C17H20N2O3/c1-2-22-11-10-16(20)18-19-17(21)12-14-8-5-7-13-6-3-4-9-15(13)14/h3-9H,2,10-12H2,1H3,(H,18,20)(H,19,21). The maximum atomic E-state index is 11.9. The Morgan fingerprint density at radius 3 is 2.55 bits per heavy atom. The molecule has 0 radical (unpaired) electrons. The van der Waals surface area contributed by atoms with Crippen LogP contribution in [-0.4, -0.2) is 25.0 Å². The average Bonchev–Trinajstić information content (AvgIpc) is 2.54. The molecule has 0 aliphatic carbocycles. The third kappa shape index (κ3) is 4.56. The fourth-order valence-corrected chi connectivity index (χ4v) is 2.17. The van der Waals surface area contributed by atoms with E-state index in [1.807, 2.05) is 49.4 Å². The quantitative estimate of drug-likeness (QED) is 0.633. The Morgan fingerprint density at radius 2 is 1.73 bits per heavy atom. The van der Waals surface area contributed by atoms with Gasteiger partial charge in [-0.3, -0.25) is 20.4 Å². The van der Waals surface area contributed by atoms with Crippen molar-refractivity contribution in [3.8, 4) is 0 Å². The molecular formula is C17H20N2O3. The molecule has 0 heterocycles. The van der Waals surface area contributed by atoms with Gasteiger partial charge in [-0.1, -0.05) is 42.5 Å². The van der Waals surface area contributed by atoms with Crippen molar-refractivity contribution in [3.05, 3.63) is 48.0 Å². The summed E-state index contributed by atoms with van der Waals surface area (Å²) in [7, 11) is 0. The van der Waals surface area contributed by atoms with Gasteiger partial charge in [0.1, 0.15) is 0 Å². The summed E-state index contributed by atoms with van der Waals surface area (Å²) in [6.07, 6.45) is 0.440. The van der Waals surface area contributed by atoms with Gasteiger partial charge in [-0.05, 0) is 23.3 Å². The molecule has 2 amide bonds. The molecule has 0 aromatic heterocycles. The molecule has 5 nitrogen and oxygen atoms in total. The molecule has 5 heteroatoms. The monoisotopic (exact) mass is 300 g/mol. The zero-order chi connectivity index (χ0) is 15.8. The van der Waals surface area contributed by atoms with Gasteiger partial charge in [0.15, 0.2) is 0 Å². The number of rotatable bonds is 6. The molecule has 0 atom stereocenters. The minimum absolute atomic E-state index is 0.215. The molecule has 0 aliphatic rings. The fraction of sp³-hybridized carbons (Fsp3) is 0.294. The van der Waals surface area contributed by atoms with Gasteiger partial charge in [0.25, 0.3) is 0 Å². The summed E-state index contributed by atoms with van der Waals surface area (Å²) in [4.78, 5) is 23.4. The first-order chi connectivity index (χ1) is 10.7. The summed E-state index contributed by atoms with van der Waals surface area (Å²) in [5, 5.41) is 2.14. The second-order valence-electron chi connectivity index (χ2n) is 4.86. The molecule has 2 aromatic carbocycles. The van der Waals surface area contributed by atoms with Crippen molar-refractivity contribution in [1.82, 2.24) is 10.9 Å². The van der Waals surface area contributed by atoms with Crippen molar-refractivity contribution in [2.45, 2.75) is 19.8 Å². The lowest BCUT2D eigenvalue weighted by molar-refractivity contribution is -0.129. The molecule has 2 aromatic rings. The predicted molar refractivity (Wildman–Crippen MR) is 85.0 cm³/mol. The van der Waals surface area contributed by atoms with Crippen LogP contribution in [-0.2, 0) is 20.7 Å². The summed E-state index contributed by atoms with van der Waals surface area (Å²) < 4.78 is 5.08. The fourth-order valence-electron chi connectivity index (χ4n) is 2.17. The van der Waals surface area contributed by atoms with Crippen LogP contribution in [0, 0.1) is 0 Å². The highest BCUT2D eigenvalue weighted by atomic mass is 16.5. The molecule has 22 heavy (non-hydrogen) atoms. The number of carbonyl (C=O) groups is 2. The molecule has 116 valence electrons. The second-order valence-corrected chi connectivity index (χ2v) is 4.86. The summed E-state index contributed by atoms with van der Waals surface area (Å²) in [5.41, 5.74) is 5.75. The van der Waals surface area contributed by atoms with Crippen LogP contribution in [0.5, 0.6) is 0 Å². The Balaban J connectivity index is 1.87. The van der Waals surface area contributed by atoms with Gasteiger partial charge in [0.05, 0.1) is 19.4 Å². The van der Waals surface area contributed by atoms with Gasteiger partial charge in [-0.2, -0.15) is 0 Å². The third-order valence-electron chi connectivity index (χ3n) is 3.25. The van der Waals surface area contributed by atoms with Crippen molar-refractivity contribution in [2.24, 2.45) is 0 Å². The van der Waals surface area contributed by atoms with E-state index in [0.717, 1.165) is 16.3 Å². The number of nitrogens with one attached hydrogen (secondary N) is 2. The van der Waals surface area contributed by atoms with Gasteiger partial charge < -0.3 is 4.74 Å². The Bertz CT molecular complexity index is 650. The number of hydrogen-bond donors (Lipinski definition) is 2. The summed E-state index contributed by atoms with van der Waals surface area (Å²) in [6.45, 7) is 2.78. The zero-order valence-electron chi connectivity index (χ0n) is 12.6. The average molecular weight is 300 g/mol. The number of carbonyl (C=O) groups excluding carboxylic acids is 2. The highest BCUT2D eigenvalue weighted by molar-refractivity contribution is 5.90. The third-order valence-corrected chi connectivity index (χ3v) is 3.25. The summed E-state index contributed by atoms with van der Waals surface area (Å²) in [6, 6.07) is 13.7. The molecule has 0 saturated heterocycles. The Hall–Kier alpha value is -2.40. The minimum Gasteiger partial charge on any atom is -0.381 e. The van der Waals surface area contributed by atoms with E-state index in [9.17, 15) is 9.59 Å². The number of hydrazine groups is 1. The maximum Gasteiger partial charge on any atom is 0.242 e. The van der Waals surface area contributed by atoms with Crippen molar-refractivity contribution in [3.63, 3.8) is 0 Å². The maximum absolute atomic E-state index is 11.9. The van der Waals surface area contributed by atoms with Gasteiger partial charge >= 0.3 is 0 Å². The van der Waals surface area contributed by atoms with Crippen LogP contribution >= 0.6 is 0 Å². The number of benzene rings is 2. The molecular weight excluding hydrogens is 280 g/mol. The normalized spacial score (nSPS) is 10.4. The number of hydrogen-bond acceptors (Lipinski definition) is 3. The number of ether oxygens (including phenoxy) is 1. The van der Waals surface area contributed by atoms with Gasteiger partial charge in [0.2, 0.25) is 11.8 Å². The molecule has 0 unspecified atom stereocenters. The second kappa shape index (κ2) is 8.14. The predicted octanol–water partition coefficient (Wildman–Crippen LogP) is 1.96. The molecule has 2 rings (SSSR count). The van der Waals surface area contributed by atoms with Crippen LogP contribution in [0.15, 0.2) is 42.5 Å². The van der Waals surface area contributed by atoms with E-state index in [1.165, 1.54) is 0 Å². The summed E-state index contributed by atoms with van der Waals surface area (Å²) in [5.74, 6) is -0.513. The van der Waals surface area contributed by atoms with E-state index < -0.39 is 0 Å². The van der Waals surface area contributed by atoms with Crippen LogP contribution in [0.4, 0.5) is 0 Å². The van der Waals surface area contributed by atoms with E-state index >= 15 is 0 Å².